The van der Waals surface area contributed by atoms with E-state index in [1.165, 1.54) is 12.1 Å². The molecule has 2 aromatic carbocycles. The highest BCUT2D eigenvalue weighted by molar-refractivity contribution is 6.29. The second-order valence-corrected chi connectivity index (χ2v) is 6.48. The number of hydrogen-bond acceptors (Lipinski definition) is 8. The van der Waals surface area contributed by atoms with Crippen LogP contribution in [0.1, 0.15) is 37.4 Å². The van der Waals surface area contributed by atoms with Gasteiger partial charge in [-0.15, -0.1) is 0 Å². The summed E-state index contributed by atoms with van der Waals surface area (Å²) in [6.07, 6.45) is 0. The molecule has 5 N–H and O–H groups in total. The topological polar surface area (TPSA) is 173 Å². The lowest BCUT2D eigenvalue weighted by Crippen LogP contribution is -2.34. The van der Waals surface area contributed by atoms with Crippen molar-refractivity contribution in [3.05, 3.63) is 52.1 Å². The number of phenols is 3. The number of nitrogens with zero attached hydrogens (tertiary/aromatic N) is 1. The number of fused-ring (bicyclic) bond motifs is 2. The first-order valence-corrected chi connectivity index (χ1v) is 8.26. The minimum absolute atomic E-state index is 0.00994. The van der Waals surface area contributed by atoms with Gasteiger partial charge in [-0.3, -0.25) is 24.1 Å². The number of hydrogen-bond donors (Lipinski definition) is 5. The monoisotopic (exact) mass is 401 g/mol. The Balaban J connectivity index is 2.09. The zero-order valence-electron chi connectivity index (χ0n) is 14.7. The Kier molecular flexibility index (Phi) is 4.95. The molecule has 1 aliphatic rings. The number of rotatable bonds is 6. The Morgan fingerprint density at radius 3 is 2.00 bits per heavy atom. The average Bonchev–Trinajstić information content (AvgIpc) is 2.62. The molecule has 10 heteroatoms. The van der Waals surface area contributed by atoms with Crippen molar-refractivity contribution in [2.45, 2.75) is 6.54 Å². The Morgan fingerprint density at radius 2 is 1.41 bits per heavy atom. The lowest BCUT2D eigenvalue weighted by atomic mass is 9.82. The van der Waals surface area contributed by atoms with Crippen LogP contribution in [0.4, 0.5) is 0 Å². The third kappa shape index (κ3) is 3.60. The van der Waals surface area contributed by atoms with Gasteiger partial charge in [0.2, 0.25) is 0 Å². The number of phenolic OH excluding ortho intramolecular Hbond substituents is 3. The number of carbonyl (C=O) groups is 4. The summed E-state index contributed by atoms with van der Waals surface area (Å²) in [5.41, 5.74) is -0.929. The van der Waals surface area contributed by atoms with Crippen LogP contribution >= 0.6 is 0 Å². The molecule has 0 unspecified atom stereocenters. The molecule has 0 aromatic heterocycles. The third-order valence-electron chi connectivity index (χ3n) is 4.43. The van der Waals surface area contributed by atoms with E-state index >= 15 is 0 Å². The zero-order valence-corrected chi connectivity index (χ0v) is 14.7. The summed E-state index contributed by atoms with van der Waals surface area (Å²) in [6.45, 7) is -1.74. The van der Waals surface area contributed by atoms with Crippen LogP contribution in [-0.4, -0.2) is 67.0 Å². The molecular weight excluding hydrogens is 386 g/mol. The maximum absolute atomic E-state index is 12.8. The van der Waals surface area contributed by atoms with Crippen LogP contribution in [0.15, 0.2) is 24.3 Å². The highest BCUT2D eigenvalue weighted by Crippen LogP contribution is 2.41. The summed E-state index contributed by atoms with van der Waals surface area (Å²) in [6, 6.07) is 4.66. The maximum atomic E-state index is 12.8. The highest BCUT2D eigenvalue weighted by atomic mass is 16.4. The predicted molar refractivity (Wildman–Crippen MR) is 95.3 cm³/mol. The van der Waals surface area contributed by atoms with Crippen molar-refractivity contribution in [2.75, 3.05) is 13.1 Å². The molecule has 0 spiro atoms. The van der Waals surface area contributed by atoms with Gasteiger partial charge in [-0.25, -0.2) is 0 Å². The van der Waals surface area contributed by atoms with Crippen molar-refractivity contribution in [1.29, 1.82) is 0 Å². The van der Waals surface area contributed by atoms with Crippen LogP contribution in [0, 0.1) is 0 Å². The fourth-order valence-corrected chi connectivity index (χ4v) is 3.23. The largest absolute Gasteiger partial charge is 0.508 e. The molecular formula is C19H15NO9. The fraction of sp³-hybridized carbons (Fsp3) is 0.158. The summed E-state index contributed by atoms with van der Waals surface area (Å²) in [5, 5.41) is 48.1. The number of benzene rings is 2. The average molecular weight is 401 g/mol. The molecule has 0 saturated carbocycles. The summed E-state index contributed by atoms with van der Waals surface area (Å²) in [5.74, 6) is -5.95. The van der Waals surface area contributed by atoms with Crippen LogP contribution in [0.25, 0.3) is 0 Å². The second kappa shape index (κ2) is 7.24. The van der Waals surface area contributed by atoms with E-state index in [9.17, 15) is 34.5 Å². The van der Waals surface area contributed by atoms with Gasteiger partial charge in [0.15, 0.2) is 23.1 Å². The van der Waals surface area contributed by atoms with Gasteiger partial charge in [-0.1, -0.05) is 0 Å². The summed E-state index contributed by atoms with van der Waals surface area (Å²) in [4.78, 5) is 48.4. The Bertz CT molecular complexity index is 1060. The minimum Gasteiger partial charge on any atom is -0.508 e. The Morgan fingerprint density at radius 1 is 0.793 bits per heavy atom. The molecule has 0 amide bonds. The fourth-order valence-electron chi connectivity index (χ4n) is 3.23. The van der Waals surface area contributed by atoms with Crippen LogP contribution in [0.3, 0.4) is 0 Å². The normalized spacial score (nSPS) is 12.6. The van der Waals surface area contributed by atoms with Gasteiger partial charge in [-0.2, -0.15) is 0 Å². The number of aliphatic carboxylic acids is 2. The minimum atomic E-state index is -1.31. The van der Waals surface area contributed by atoms with E-state index in [-0.39, 0.29) is 28.0 Å². The molecule has 29 heavy (non-hydrogen) atoms. The summed E-state index contributed by atoms with van der Waals surface area (Å²) in [7, 11) is 0. The molecule has 0 fully saturated rings. The lowest BCUT2D eigenvalue weighted by molar-refractivity contribution is -0.142. The molecule has 0 heterocycles. The van der Waals surface area contributed by atoms with Crippen LogP contribution < -0.4 is 0 Å². The van der Waals surface area contributed by atoms with Gasteiger partial charge in [-0.05, 0) is 24.3 Å². The Hall–Kier alpha value is -3.92. The number of carboxylic acid groups (broad SMARTS) is 2. The van der Waals surface area contributed by atoms with E-state index in [4.69, 9.17) is 10.2 Å². The van der Waals surface area contributed by atoms with Crippen LogP contribution in [-0.2, 0) is 16.1 Å². The molecule has 0 radical (unpaired) electrons. The van der Waals surface area contributed by atoms with Crippen molar-refractivity contribution in [3.63, 3.8) is 0 Å². The SMILES string of the molecule is O=C(O)CN(CC(=O)O)Cc1cc2c(c(O)c1O)C(=O)c1cc(O)ccc1C2=O. The van der Waals surface area contributed by atoms with Gasteiger partial charge in [0, 0.05) is 28.8 Å². The van der Waals surface area contributed by atoms with Gasteiger partial charge < -0.3 is 25.5 Å². The number of ketones is 2. The molecule has 2 aromatic rings. The van der Waals surface area contributed by atoms with Crippen molar-refractivity contribution in [1.82, 2.24) is 4.90 Å². The van der Waals surface area contributed by atoms with E-state index < -0.39 is 60.2 Å². The first kappa shape index (κ1) is 19.8. The third-order valence-corrected chi connectivity index (χ3v) is 4.43. The molecule has 0 saturated heterocycles. The zero-order chi connectivity index (χ0) is 21.5. The quantitative estimate of drug-likeness (QED) is 0.367. The van der Waals surface area contributed by atoms with Crippen LogP contribution in [0.5, 0.6) is 17.2 Å². The van der Waals surface area contributed by atoms with Gasteiger partial charge in [0.1, 0.15) is 5.75 Å². The van der Waals surface area contributed by atoms with Gasteiger partial charge in [0.05, 0.1) is 18.7 Å². The highest BCUT2D eigenvalue weighted by Gasteiger charge is 2.35. The van der Waals surface area contributed by atoms with E-state index in [1.807, 2.05) is 0 Å². The molecule has 150 valence electrons. The summed E-state index contributed by atoms with van der Waals surface area (Å²) < 4.78 is 0. The van der Waals surface area contributed by atoms with Crippen molar-refractivity contribution >= 4 is 23.5 Å². The summed E-state index contributed by atoms with van der Waals surface area (Å²) >= 11 is 0. The van der Waals surface area contributed by atoms with Crippen molar-refractivity contribution in [2.24, 2.45) is 0 Å². The number of aromatic hydroxyl groups is 3. The molecule has 10 nitrogen and oxygen atoms in total. The van der Waals surface area contributed by atoms with E-state index in [1.54, 1.807) is 0 Å². The van der Waals surface area contributed by atoms with Gasteiger partial charge >= 0.3 is 11.9 Å². The first-order chi connectivity index (χ1) is 13.6. The van der Waals surface area contributed by atoms with Crippen molar-refractivity contribution < 1.29 is 44.7 Å². The van der Waals surface area contributed by atoms with Crippen molar-refractivity contribution in [3.8, 4) is 17.2 Å². The van der Waals surface area contributed by atoms with E-state index in [2.05, 4.69) is 0 Å². The molecule has 3 rings (SSSR count). The van der Waals surface area contributed by atoms with Gasteiger partial charge in [0.25, 0.3) is 0 Å². The number of carbonyl (C=O) groups excluding carboxylic acids is 2. The second-order valence-electron chi connectivity index (χ2n) is 6.48. The van der Waals surface area contributed by atoms with E-state index in [0.29, 0.717) is 0 Å². The molecule has 0 bridgehead atoms. The first-order valence-electron chi connectivity index (χ1n) is 8.26. The molecule has 1 aliphatic carbocycles. The smallest absolute Gasteiger partial charge is 0.317 e. The Labute approximate surface area is 162 Å². The maximum Gasteiger partial charge on any atom is 0.317 e. The molecule has 0 atom stereocenters. The molecule has 0 aliphatic heterocycles. The standard InChI is InChI=1S/C19H15NO9/c21-9-1-2-10-11(4-9)18(28)15-12(17(10)27)3-8(16(26)19(15)29)5-20(6-13(22)23)7-14(24)25/h1-4,21,26,29H,5-7H2,(H,22,23)(H,24,25). The predicted octanol–water partition coefficient (Wildman–Crippen LogP) is 0.550. The van der Waals surface area contributed by atoms with Crippen LogP contribution in [0.2, 0.25) is 0 Å². The number of carboxylic acids is 2. The lowest BCUT2D eigenvalue weighted by Gasteiger charge is -2.23. The van der Waals surface area contributed by atoms with E-state index in [0.717, 1.165) is 17.0 Å².